The van der Waals surface area contributed by atoms with Gasteiger partial charge in [-0.2, -0.15) is 0 Å². The van der Waals surface area contributed by atoms with Gasteiger partial charge in [0.05, 0.1) is 39.1 Å². The van der Waals surface area contributed by atoms with Gasteiger partial charge in [0.2, 0.25) is 0 Å². The molecule has 1 fully saturated rings. The minimum atomic E-state index is 0.0749. The third-order valence-electron chi connectivity index (χ3n) is 3.60. The molecule has 1 rings (SSSR count). The van der Waals surface area contributed by atoms with Crippen molar-refractivity contribution in [1.82, 2.24) is 0 Å². The number of aliphatic hydroxyl groups excluding tert-OH is 1. The Hall–Kier alpha value is -0.160. The van der Waals surface area contributed by atoms with Crippen molar-refractivity contribution in [1.29, 1.82) is 0 Å². The van der Waals surface area contributed by atoms with Gasteiger partial charge in [-0.05, 0) is 12.3 Å². The minimum Gasteiger partial charge on any atom is -0.394 e. The van der Waals surface area contributed by atoms with Crippen molar-refractivity contribution in [2.45, 2.75) is 58.2 Å². The van der Waals surface area contributed by atoms with Crippen LogP contribution in [0.1, 0.15) is 46.0 Å². The Bertz CT molecular complexity index is 206. The molecule has 0 amide bonds. The van der Waals surface area contributed by atoms with Gasteiger partial charge in [-0.3, -0.25) is 0 Å². The highest BCUT2D eigenvalue weighted by atomic mass is 16.6. The average Bonchev–Trinajstić information content (AvgIpc) is 3.24. The molecule has 1 N–H and O–H groups in total. The number of ether oxygens (including phenoxy) is 3. The van der Waals surface area contributed by atoms with Crippen LogP contribution in [0.3, 0.4) is 0 Å². The first-order valence-electron chi connectivity index (χ1n) is 7.71. The van der Waals surface area contributed by atoms with Gasteiger partial charge >= 0.3 is 0 Å². The van der Waals surface area contributed by atoms with Gasteiger partial charge < -0.3 is 19.3 Å². The van der Waals surface area contributed by atoms with E-state index in [9.17, 15) is 0 Å². The van der Waals surface area contributed by atoms with Gasteiger partial charge in [-0.1, -0.05) is 39.5 Å². The molecule has 1 heterocycles. The van der Waals surface area contributed by atoms with E-state index >= 15 is 0 Å². The lowest BCUT2D eigenvalue weighted by Crippen LogP contribution is -2.26. The zero-order valence-corrected chi connectivity index (χ0v) is 12.5. The van der Waals surface area contributed by atoms with Crippen LogP contribution < -0.4 is 0 Å². The molecule has 4 heteroatoms. The van der Waals surface area contributed by atoms with Crippen LogP contribution in [0.15, 0.2) is 0 Å². The lowest BCUT2D eigenvalue weighted by atomic mass is 9.93. The smallest absolute Gasteiger partial charge is 0.104 e. The van der Waals surface area contributed by atoms with Gasteiger partial charge in [0.15, 0.2) is 0 Å². The van der Waals surface area contributed by atoms with E-state index in [4.69, 9.17) is 19.3 Å². The molecule has 19 heavy (non-hydrogen) atoms. The van der Waals surface area contributed by atoms with Crippen LogP contribution in [0.5, 0.6) is 0 Å². The van der Waals surface area contributed by atoms with Crippen LogP contribution in [0, 0.1) is 5.92 Å². The monoisotopic (exact) mass is 274 g/mol. The predicted octanol–water partition coefficient (Wildman–Crippen LogP) is 2.39. The Labute approximate surface area is 117 Å². The Morgan fingerprint density at radius 1 is 1.37 bits per heavy atom. The van der Waals surface area contributed by atoms with Gasteiger partial charge in [0, 0.05) is 0 Å². The first-order valence-corrected chi connectivity index (χ1v) is 7.71. The van der Waals surface area contributed by atoms with E-state index in [2.05, 4.69) is 13.8 Å². The molecule has 0 spiro atoms. The van der Waals surface area contributed by atoms with Crippen LogP contribution >= 0.6 is 0 Å². The van der Waals surface area contributed by atoms with E-state index < -0.39 is 0 Å². The molecule has 0 aromatic heterocycles. The Morgan fingerprint density at radius 2 is 2.16 bits per heavy atom. The van der Waals surface area contributed by atoms with Crippen LogP contribution in [0.2, 0.25) is 0 Å². The predicted molar refractivity (Wildman–Crippen MR) is 75.3 cm³/mol. The quantitative estimate of drug-likeness (QED) is 0.414. The molecular weight excluding hydrogens is 244 g/mol. The summed E-state index contributed by atoms with van der Waals surface area (Å²) in [5.41, 5.74) is 0. The van der Waals surface area contributed by atoms with E-state index in [1.165, 1.54) is 25.7 Å². The molecule has 3 unspecified atom stereocenters. The fraction of sp³-hybridized carbons (Fsp3) is 1.00. The highest BCUT2D eigenvalue weighted by Crippen LogP contribution is 2.21. The standard InChI is InChI=1S/C15H30O4/c1-3-5-6-13(4-2)9-14(10-17-8-7-16)18-11-15-12-19-15/h13-16H,3-12H2,1-2H3. The molecule has 4 nitrogen and oxygen atoms in total. The third kappa shape index (κ3) is 8.58. The molecule has 0 radical (unpaired) electrons. The average molecular weight is 274 g/mol. The second-order valence-electron chi connectivity index (χ2n) is 5.36. The minimum absolute atomic E-state index is 0.0749. The highest BCUT2D eigenvalue weighted by Gasteiger charge is 2.25. The summed E-state index contributed by atoms with van der Waals surface area (Å²) in [7, 11) is 0. The van der Waals surface area contributed by atoms with Crippen molar-refractivity contribution >= 4 is 0 Å². The van der Waals surface area contributed by atoms with Crippen LogP contribution in [0.4, 0.5) is 0 Å². The van der Waals surface area contributed by atoms with Crippen LogP contribution in [-0.2, 0) is 14.2 Å². The number of aliphatic hydroxyl groups is 1. The second-order valence-corrected chi connectivity index (χ2v) is 5.36. The van der Waals surface area contributed by atoms with Crippen molar-refractivity contribution < 1.29 is 19.3 Å². The summed E-state index contributed by atoms with van der Waals surface area (Å²) in [5, 5.41) is 8.77. The zero-order valence-electron chi connectivity index (χ0n) is 12.5. The zero-order chi connectivity index (χ0) is 13.9. The van der Waals surface area contributed by atoms with Gasteiger partial charge in [0.1, 0.15) is 6.10 Å². The van der Waals surface area contributed by atoms with Crippen molar-refractivity contribution in [3.05, 3.63) is 0 Å². The first kappa shape index (κ1) is 16.9. The van der Waals surface area contributed by atoms with Crippen LogP contribution in [0.25, 0.3) is 0 Å². The van der Waals surface area contributed by atoms with E-state index in [-0.39, 0.29) is 12.7 Å². The third-order valence-corrected chi connectivity index (χ3v) is 3.60. The topological polar surface area (TPSA) is 51.2 Å². The molecule has 114 valence electrons. The molecule has 3 atom stereocenters. The van der Waals surface area contributed by atoms with Crippen molar-refractivity contribution in [3.63, 3.8) is 0 Å². The Morgan fingerprint density at radius 3 is 2.74 bits per heavy atom. The van der Waals surface area contributed by atoms with Crippen molar-refractivity contribution in [2.75, 3.05) is 33.0 Å². The highest BCUT2D eigenvalue weighted by molar-refractivity contribution is 4.71. The molecule has 0 aromatic carbocycles. The Balaban J connectivity index is 2.26. The SMILES string of the molecule is CCCCC(CC)CC(COCCO)OCC1CO1. The number of hydrogen-bond acceptors (Lipinski definition) is 4. The summed E-state index contributed by atoms with van der Waals surface area (Å²) < 4.78 is 16.5. The van der Waals surface area contributed by atoms with Gasteiger partial charge in [-0.25, -0.2) is 0 Å². The van der Waals surface area contributed by atoms with E-state index in [0.717, 1.165) is 13.0 Å². The van der Waals surface area contributed by atoms with E-state index in [1.807, 2.05) is 0 Å². The summed E-state index contributed by atoms with van der Waals surface area (Å²) in [6, 6.07) is 0. The summed E-state index contributed by atoms with van der Waals surface area (Å²) in [6.45, 7) is 7.03. The molecule has 0 aliphatic carbocycles. The number of rotatable bonds is 13. The summed E-state index contributed by atoms with van der Waals surface area (Å²) >= 11 is 0. The fourth-order valence-electron chi connectivity index (χ4n) is 2.22. The largest absolute Gasteiger partial charge is 0.394 e. The van der Waals surface area contributed by atoms with Crippen molar-refractivity contribution in [2.24, 2.45) is 5.92 Å². The molecule has 0 bridgehead atoms. The number of unbranched alkanes of at least 4 members (excludes halogenated alkanes) is 1. The molecule has 0 saturated carbocycles. The van der Waals surface area contributed by atoms with Gasteiger partial charge in [-0.15, -0.1) is 0 Å². The summed E-state index contributed by atoms with van der Waals surface area (Å²) in [4.78, 5) is 0. The van der Waals surface area contributed by atoms with Crippen LogP contribution in [-0.4, -0.2) is 50.3 Å². The summed E-state index contributed by atoms with van der Waals surface area (Å²) in [6.07, 6.45) is 6.49. The first-order chi connectivity index (χ1) is 9.30. The van der Waals surface area contributed by atoms with E-state index in [1.54, 1.807) is 0 Å². The Kier molecular flexibility index (Phi) is 9.43. The van der Waals surface area contributed by atoms with Gasteiger partial charge in [0.25, 0.3) is 0 Å². The lowest BCUT2D eigenvalue weighted by Gasteiger charge is -2.23. The summed E-state index contributed by atoms with van der Waals surface area (Å²) in [5.74, 6) is 0.711. The fourth-order valence-corrected chi connectivity index (χ4v) is 2.22. The molecule has 1 aliphatic heterocycles. The maximum atomic E-state index is 8.77. The number of hydrogen-bond donors (Lipinski definition) is 1. The molecule has 1 saturated heterocycles. The van der Waals surface area contributed by atoms with E-state index in [0.29, 0.717) is 31.8 Å². The number of epoxide rings is 1. The molecular formula is C15H30O4. The maximum absolute atomic E-state index is 8.77. The molecule has 1 aliphatic rings. The lowest BCUT2D eigenvalue weighted by molar-refractivity contribution is -0.0388. The molecule has 0 aromatic rings. The second kappa shape index (κ2) is 10.6. The normalized spacial score (nSPS) is 21.3. The maximum Gasteiger partial charge on any atom is 0.104 e. The van der Waals surface area contributed by atoms with Crippen molar-refractivity contribution in [3.8, 4) is 0 Å².